The third-order valence-electron chi connectivity index (χ3n) is 2.58. The van der Waals surface area contributed by atoms with E-state index >= 15 is 0 Å². The minimum atomic E-state index is -0.271. The fourth-order valence-electron chi connectivity index (χ4n) is 1.69. The first-order valence-electron chi connectivity index (χ1n) is 5.09. The van der Waals surface area contributed by atoms with E-state index < -0.39 is 0 Å². The van der Waals surface area contributed by atoms with Gasteiger partial charge in [0.2, 0.25) is 0 Å². The molecule has 0 saturated carbocycles. The van der Waals surface area contributed by atoms with Crippen LogP contribution in [0.15, 0.2) is 18.3 Å². The van der Waals surface area contributed by atoms with Crippen LogP contribution in [-0.2, 0) is 4.74 Å². The Morgan fingerprint density at radius 1 is 1.53 bits per heavy atom. The standard InChI is InChI=1S/C11H15NO3/c1-14-9-2-3-10(12-7-9)11-6-8(13)4-5-15-11/h2-3,7-8,11,13H,4-6H2,1H3. The molecule has 2 unspecified atom stereocenters. The monoisotopic (exact) mass is 209 g/mol. The fourth-order valence-corrected chi connectivity index (χ4v) is 1.69. The van der Waals surface area contributed by atoms with Gasteiger partial charge in [-0.05, 0) is 18.6 Å². The quantitative estimate of drug-likeness (QED) is 0.797. The molecule has 0 spiro atoms. The average molecular weight is 209 g/mol. The predicted octanol–water partition coefficient (Wildman–Crippen LogP) is 1.30. The highest BCUT2D eigenvalue weighted by molar-refractivity contribution is 5.21. The molecular weight excluding hydrogens is 194 g/mol. The summed E-state index contributed by atoms with van der Waals surface area (Å²) in [5, 5.41) is 9.51. The smallest absolute Gasteiger partial charge is 0.137 e. The van der Waals surface area contributed by atoms with Crippen molar-refractivity contribution in [1.29, 1.82) is 0 Å². The molecule has 1 N–H and O–H groups in total. The van der Waals surface area contributed by atoms with Crippen LogP contribution in [0.25, 0.3) is 0 Å². The number of hydrogen-bond acceptors (Lipinski definition) is 4. The van der Waals surface area contributed by atoms with Gasteiger partial charge >= 0.3 is 0 Å². The Morgan fingerprint density at radius 3 is 3.00 bits per heavy atom. The summed E-state index contributed by atoms with van der Waals surface area (Å²) in [4.78, 5) is 4.25. The minimum absolute atomic E-state index is 0.0837. The summed E-state index contributed by atoms with van der Waals surface area (Å²) in [5.74, 6) is 0.732. The Balaban J connectivity index is 2.07. The summed E-state index contributed by atoms with van der Waals surface area (Å²) in [6.07, 6.45) is 2.65. The molecule has 2 heterocycles. The van der Waals surface area contributed by atoms with Crippen molar-refractivity contribution in [2.24, 2.45) is 0 Å². The number of pyridine rings is 1. The average Bonchev–Trinajstić information content (AvgIpc) is 2.29. The zero-order valence-corrected chi connectivity index (χ0v) is 8.72. The highest BCUT2D eigenvalue weighted by Gasteiger charge is 2.23. The molecule has 1 aromatic rings. The molecule has 1 aromatic heterocycles. The molecule has 0 amide bonds. The lowest BCUT2D eigenvalue weighted by atomic mass is 10.0. The lowest BCUT2D eigenvalue weighted by Gasteiger charge is -2.25. The summed E-state index contributed by atoms with van der Waals surface area (Å²) in [5.41, 5.74) is 0.856. The third-order valence-corrected chi connectivity index (χ3v) is 2.58. The van der Waals surface area contributed by atoms with Crippen LogP contribution in [0.1, 0.15) is 24.6 Å². The number of ether oxygens (including phenoxy) is 2. The van der Waals surface area contributed by atoms with E-state index in [-0.39, 0.29) is 12.2 Å². The van der Waals surface area contributed by atoms with Crippen molar-refractivity contribution in [1.82, 2.24) is 4.98 Å². The summed E-state index contributed by atoms with van der Waals surface area (Å²) in [7, 11) is 1.61. The molecule has 1 fully saturated rings. The topological polar surface area (TPSA) is 51.6 Å². The molecule has 1 aliphatic rings. The second-order valence-corrected chi connectivity index (χ2v) is 3.66. The van der Waals surface area contributed by atoms with Crippen molar-refractivity contribution in [3.05, 3.63) is 24.0 Å². The summed E-state index contributed by atoms with van der Waals surface area (Å²) >= 11 is 0. The van der Waals surface area contributed by atoms with E-state index in [4.69, 9.17) is 9.47 Å². The van der Waals surface area contributed by atoms with Crippen LogP contribution in [0.2, 0.25) is 0 Å². The highest BCUT2D eigenvalue weighted by Crippen LogP contribution is 2.27. The van der Waals surface area contributed by atoms with Crippen LogP contribution in [0.5, 0.6) is 5.75 Å². The number of methoxy groups -OCH3 is 1. The zero-order valence-electron chi connectivity index (χ0n) is 8.72. The van der Waals surface area contributed by atoms with Gasteiger partial charge in [0.15, 0.2) is 0 Å². The molecule has 4 nitrogen and oxygen atoms in total. The van der Waals surface area contributed by atoms with Crippen molar-refractivity contribution >= 4 is 0 Å². The normalized spacial score (nSPS) is 26.3. The number of aromatic nitrogens is 1. The molecule has 2 atom stereocenters. The second kappa shape index (κ2) is 4.59. The summed E-state index contributed by atoms with van der Waals surface area (Å²) in [6.45, 7) is 0.597. The van der Waals surface area contributed by atoms with Gasteiger partial charge in [-0.3, -0.25) is 4.98 Å². The van der Waals surface area contributed by atoms with Crippen molar-refractivity contribution in [3.8, 4) is 5.75 Å². The second-order valence-electron chi connectivity index (χ2n) is 3.66. The Bertz CT molecular complexity index is 312. The Morgan fingerprint density at radius 2 is 2.40 bits per heavy atom. The largest absolute Gasteiger partial charge is 0.495 e. The van der Waals surface area contributed by atoms with Gasteiger partial charge in [0.1, 0.15) is 11.9 Å². The van der Waals surface area contributed by atoms with E-state index in [0.717, 1.165) is 11.4 Å². The van der Waals surface area contributed by atoms with Crippen LogP contribution >= 0.6 is 0 Å². The summed E-state index contributed by atoms with van der Waals surface area (Å²) < 4.78 is 10.6. The maximum atomic E-state index is 9.51. The maximum absolute atomic E-state index is 9.51. The highest BCUT2D eigenvalue weighted by atomic mass is 16.5. The first-order valence-corrected chi connectivity index (χ1v) is 5.09. The molecular formula is C11H15NO3. The Kier molecular flexibility index (Phi) is 3.18. The van der Waals surface area contributed by atoms with Crippen molar-refractivity contribution in [2.75, 3.05) is 13.7 Å². The van der Waals surface area contributed by atoms with Gasteiger partial charge in [-0.2, -0.15) is 0 Å². The molecule has 1 saturated heterocycles. The number of aliphatic hydroxyl groups excluding tert-OH is 1. The Hall–Kier alpha value is -1.13. The number of aliphatic hydroxyl groups is 1. The van der Waals surface area contributed by atoms with Gasteiger partial charge < -0.3 is 14.6 Å². The van der Waals surface area contributed by atoms with Crippen LogP contribution < -0.4 is 4.74 Å². The molecule has 4 heteroatoms. The van der Waals surface area contributed by atoms with Crippen molar-refractivity contribution in [2.45, 2.75) is 25.0 Å². The molecule has 0 radical (unpaired) electrons. The van der Waals surface area contributed by atoms with Crippen molar-refractivity contribution < 1.29 is 14.6 Å². The molecule has 15 heavy (non-hydrogen) atoms. The maximum Gasteiger partial charge on any atom is 0.137 e. The third kappa shape index (κ3) is 2.46. The molecule has 2 rings (SSSR count). The molecule has 0 aliphatic carbocycles. The van der Waals surface area contributed by atoms with Crippen molar-refractivity contribution in [3.63, 3.8) is 0 Å². The lowest BCUT2D eigenvalue weighted by Crippen LogP contribution is -2.23. The van der Waals surface area contributed by atoms with Crippen LogP contribution in [-0.4, -0.2) is 29.9 Å². The number of hydrogen-bond donors (Lipinski definition) is 1. The predicted molar refractivity (Wildman–Crippen MR) is 54.7 cm³/mol. The SMILES string of the molecule is COc1ccc(C2CC(O)CCO2)nc1. The van der Waals surface area contributed by atoms with Crippen LogP contribution in [0.4, 0.5) is 0 Å². The Labute approximate surface area is 88.9 Å². The van der Waals surface area contributed by atoms with Gasteiger partial charge in [0.05, 0.1) is 25.1 Å². The van der Waals surface area contributed by atoms with E-state index in [9.17, 15) is 5.11 Å². The molecule has 0 bridgehead atoms. The van der Waals surface area contributed by atoms with E-state index in [1.165, 1.54) is 0 Å². The summed E-state index contributed by atoms with van der Waals surface area (Å²) in [6, 6.07) is 3.73. The first kappa shape index (κ1) is 10.4. The minimum Gasteiger partial charge on any atom is -0.495 e. The lowest BCUT2D eigenvalue weighted by molar-refractivity contribution is -0.0466. The van der Waals surface area contributed by atoms with Gasteiger partial charge in [0, 0.05) is 13.0 Å². The van der Waals surface area contributed by atoms with Gasteiger partial charge in [0.25, 0.3) is 0 Å². The van der Waals surface area contributed by atoms with Gasteiger partial charge in [-0.25, -0.2) is 0 Å². The fraction of sp³-hybridized carbons (Fsp3) is 0.545. The van der Waals surface area contributed by atoms with Crippen LogP contribution in [0, 0.1) is 0 Å². The number of nitrogens with zero attached hydrogens (tertiary/aromatic N) is 1. The van der Waals surface area contributed by atoms with Gasteiger partial charge in [-0.15, -0.1) is 0 Å². The number of rotatable bonds is 2. The molecule has 0 aromatic carbocycles. The van der Waals surface area contributed by atoms with E-state index in [1.54, 1.807) is 13.3 Å². The van der Waals surface area contributed by atoms with Gasteiger partial charge in [-0.1, -0.05) is 0 Å². The molecule has 1 aliphatic heterocycles. The van der Waals surface area contributed by atoms with E-state index in [1.807, 2.05) is 12.1 Å². The van der Waals surface area contributed by atoms with E-state index in [0.29, 0.717) is 19.4 Å². The zero-order chi connectivity index (χ0) is 10.7. The van der Waals surface area contributed by atoms with E-state index in [2.05, 4.69) is 4.98 Å². The van der Waals surface area contributed by atoms with Crippen LogP contribution in [0.3, 0.4) is 0 Å². The first-order chi connectivity index (χ1) is 7.29. The molecule has 82 valence electrons.